The fourth-order valence-electron chi connectivity index (χ4n) is 6.39. The molecule has 0 spiro atoms. The summed E-state index contributed by atoms with van der Waals surface area (Å²) in [5, 5.41) is 0. The third kappa shape index (κ3) is 9.35. The van der Waals surface area contributed by atoms with Crippen molar-refractivity contribution in [2.45, 2.75) is 190 Å². The highest BCUT2D eigenvalue weighted by molar-refractivity contribution is 5.09. The molecule has 0 saturated carbocycles. The number of nitrogens with zero attached hydrogens (tertiary/aromatic N) is 3. The lowest BCUT2D eigenvalue weighted by Crippen LogP contribution is -2.62. The van der Waals surface area contributed by atoms with Crippen molar-refractivity contribution in [2.75, 3.05) is 42.3 Å². The molecule has 0 heterocycles. The molecule has 46 heavy (non-hydrogen) atoms. The third-order valence-corrected chi connectivity index (χ3v) is 17.5. The van der Waals surface area contributed by atoms with E-state index in [1.54, 1.807) is 0 Å². The largest absolute Gasteiger partial charge is 0.304 e. The van der Waals surface area contributed by atoms with E-state index in [9.17, 15) is 0 Å². The van der Waals surface area contributed by atoms with Crippen LogP contribution in [0.25, 0.3) is 0 Å². The summed E-state index contributed by atoms with van der Waals surface area (Å²) >= 11 is 0. The topological polar surface area (TPSA) is 9.72 Å². The van der Waals surface area contributed by atoms with Crippen molar-refractivity contribution >= 4 is 0 Å². The molecule has 0 unspecified atom stereocenters. The van der Waals surface area contributed by atoms with E-state index in [0.29, 0.717) is 22.7 Å². The van der Waals surface area contributed by atoms with Crippen molar-refractivity contribution in [3.63, 3.8) is 0 Å². The van der Waals surface area contributed by atoms with Gasteiger partial charge in [-0.15, -0.1) is 0 Å². The van der Waals surface area contributed by atoms with E-state index >= 15 is 0 Å². The molecule has 0 aromatic carbocycles. The lowest BCUT2D eigenvalue weighted by molar-refractivity contribution is -0.141. The van der Waals surface area contributed by atoms with Crippen LogP contribution in [0.1, 0.15) is 173 Å². The first-order valence-corrected chi connectivity index (χ1v) is 18.5. The molecule has 282 valence electrons. The molecule has 0 aromatic rings. The van der Waals surface area contributed by atoms with Gasteiger partial charge in [0.2, 0.25) is 0 Å². The van der Waals surface area contributed by atoms with Crippen LogP contribution in [0.15, 0.2) is 0 Å². The van der Waals surface area contributed by atoms with Gasteiger partial charge in [0.1, 0.15) is 0 Å². The normalized spacial score (nSPS) is 15.4. The van der Waals surface area contributed by atoms with Gasteiger partial charge in [-0.2, -0.15) is 0 Å². The minimum atomic E-state index is 0.138. The van der Waals surface area contributed by atoms with E-state index < -0.39 is 0 Å². The van der Waals surface area contributed by atoms with E-state index in [4.69, 9.17) is 0 Å². The number of hydrogen-bond donors (Lipinski definition) is 0. The van der Waals surface area contributed by atoms with E-state index in [1.165, 1.54) is 0 Å². The van der Waals surface area contributed by atoms with Gasteiger partial charge in [0, 0.05) is 16.6 Å². The standard InChI is InChI=1S/C18H39N.C14H31N.C11H25N/c1-14(2,3)15(4,5)16(6,7)17(8,9)18(10,11)19(12)13;1-11(2)12(3,4)13(5,6)14(7,8)15(9)10;1-9(2)10(3,4)11(5,6)12(7)8/h1-13H3;11H,1-10H3;9H,1-8H3. The first-order valence-electron chi connectivity index (χ1n) is 18.5. The van der Waals surface area contributed by atoms with Crippen LogP contribution in [-0.2, 0) is 0 Å². The first kappa shape index (κ1) is 50.3. The zero-order valence-electron chi connectivity index (χ0n) is 38.5. The van der Waals surface area contributed by atoms with Crippen molar-refractivity contribution in [3.05, 3.63) is 0 Å². The van der Waals surface area contributed by atoms with Gasteiger partial charge in [-0.25, -0.2) is 0 Å². The van der Waals surface area contributed by atoms with Crippen molar-refractivity contribution in [3.8, 4) is 0 Å². The Morgan fingerprint density at radius 2 is 0.522 bits per heavy atom. The summed E-state index contributed by atoms with van der Waals surface area (Å²) in [5.74, 6) is 1.39. The van der Waals surface area contributed by atoms with Gasteiger partial charge in [0.25, 0.3) is 0 Å². The lowest BCUT2D eigenvalue weighted by Gasteiger charge is -2.63. The predicted molar refractivity (Wildman–Crippen MR) is 215 cm³/mol. The van der Waals surface area contributed by atoms with Gasteiger partial charge < -0.3 is 14.7 Å². The Bertz CT molecular complexity index is 855. The maximum atomic E-state index is 2.45. The second kappa shape index (κ2) is 15.4. The zero-order chi connectivity index (χ0) is 38.9. The van der Waals surface area contributed by atoms with Crippen LogP contribution in [0.5, 0.6) is 0 Å². The average molecular weight is 654 g/mol. The molecule has 0 saturated heterocycles. The number of hydrogen-bond acceptors (Lipinski definition) is 3. The molecule has 0 aliphatic rings. The fraction of sp³-hybridized carbons (Fsp3) is 1.00. The molecule has 0 aliphatic heterocycles. The zero-order valence-corrected chi connectivity index (χ0v) is 38.5. The quantitative estimate of drug-likeness (QED) is 0.220. The van der Waals surface area contributed by atoms with E-state index in [0.717, 1.165) is 0 Å². The van der Waals surface area contributed by atoms with Gasteiger partial charge in [-0.3, -0.25) is 0 Å². The minimum absolute atomic E-state index is 0.138. The van der Waals surface area contributed by atoms with Crippen molar-refractivity contribution in [1.29, 1.82) is 0 Å². The highest BCUT2D eigenvalue weighted by Gasteiger charge is 2.58. The van der Waals surface area contributed by atoms with E-state index in [-0.39, 0.29) is 43.7 Å². The maximum Gasteiger partial charge on any atom is 0.0203 e. The smallest absolute Gasteiger partial charge is 0.0203 e. The van der Waals surface area contributed by atoms with Crippen LogP contribution in [0.4, 0.5) is 0 Å². The van der Waals surface area contributed by atoms with Gasteiger partial charge >= 0.3 is 0 Å². The fourth-order valence-corrected chi connectivity index (χ4v) is 6.39. The highest BCUT2D eigenvalue weighted by atomic mass is 15.2. The molecule has 0 rings (SSSR count). The van der Waals surface area contributed by atoms with Gasteiger partial charge in [0.05, 0.1) is 0 Å². The molecule has 3 nitrogen and oxygen atoms in total. The molecule has 0 atom stereocenters. The summed E-state index contributed by atoms with van der Waals surface area (Å²) in [6.07, 6.45) is 0. The van der Waals surface area contributed by atoms with Crippen molar-refractivity contribution in [1.82, 2.24) is 14.7 Å². The van der Waals surface area contributed by atoms with E-state index in [2.05, 4.69) is 230 Å². The summed E-state index contributed by atoms with van der Waals surface area (Å²) in [6, 6.07) is 0. The second-order valence-corrected chi connectivity index (χ2v) is 21.9. The van der Waals surface area contributed by atoms with Crippen molar-refractivity contribution < 1.29 is 0 Å². The Labute approximate surface area is 295 Å². The Balaban J connectivity index is -0.000000620. The maximum absolute atomic E-state index is 2.45. The molecular weight excluding hydrogens is 558 g/mol. The number of rotatable bonds is 11. The molecule has 0 aliphatic carbocycles. The summed E-state index contributed by atoms with van der Waals surface area (Å²) in [5.41, 5.74) is 2.40. The molecule has 0 bridgehead atoms. The van der Waals surface area contributed by atoms with Crippen LogP contribution < -0.4 is 0 Å². The Morgan fingerprint density at radius 1 is 0.283 bits per heavy atom. The summed E-state index contributed by atoms with van der Waals surface area (Å²) in [4.78, 5) is 7.03. The summed E-state index contributed by atoms with van der Waals surface area (Å²) in [6.45, 7) is 59.3. The SMILES string of the molecule is CC(C)C(C)(C)C(C)(C)C(C)(C)N(C)C.CC(C)C(C)(C)C(C)(C)N(C)C.CN(C)C(C)(C)C(C)(C)C(C)(C)C(C)(C)C(C)(C)C. The van der Waals surface area contributed by atoms with Crippen LogP contribution in [0.3, 0.4) is 0 Å². The van der Waals surface area contributed by atoms with Gasteiger partial charge in [-0.1, -0.05) is 132 Å². The minimum Gasteiger partial charge on any atom is -0.304 e. The molecule has 0 amide bonds. The Kier molecular flexibility index (Phi) is 16.8. The van der Waals surface area contributed by atoms with Gasteiger partial charge in [0.15, 0.2) is 0 Å². The second-order valence-electron chi connectivity index (χ2n) is 21.9. The molecule has 3 heteroatoms. The molecule has 0 radical (unpaired) electrons. The molecular formula is C43H95N3. The monoisotopic (exact) mass is 654 g/mol. The molecule has 0 N–H and O–H groups in total. The average Bonchev–Trinajstić information content (AvgIpc) is 2.82. The Morgan fingerprint density at radius 3 is 0.696 bits per heavy atom. The molecule has 0 fully saturated rings. The van der Waals surface area contributed by atoms with Gasteiger partial charge in [-0.05, 0) is 134 Å². The predicted octanol–water partition coefficient (Wildman–Crippen LogP) is 12.5. The first-order chi connectivity index (χ1) is 19.5. The van der Waals surface area contributed by atoms with Crippen LogP contribution in [-0.4, -0.2) is 73.6 Å². The Hall–Kier alpha value is -0.120. The van der Waals surface area contributed by atoms with E-state index in [1.807, 2.05) is 0 Å². The summed E-state index contributed by atoms with van der Waals surface area (Å²) in [7, 11) is 13.1. The van der Waals surface area contributed by atoms with Crippen LogP contribution in [0, 0.1) is 49.7 Å². The lowest BCUT2D eigenvalue weighted by atomic mass is 9.44. The van der Waals surface area contributed by atoms with Crippen LogP contribution >= 0.6 is 0 Å². The van der Waals surface area contributed by atoms with Crippen LogP contribution in [0.2, 0.25) is 0 Å². The summed E-state index contributed by atoms with van der Waals surface area (Å²) < 4.78 is 0. The molecule has 0 aromatic heterocycles. The highest BCUT2D eigenvalue weighted by Crippen LogP contribution is 2.62. The van der Waals surface area contributed by atoms with Crippen molar-refractivity contribution in [2.24, 2.45) is 49.7 Å². The third-order valence-electron chi connectivity index (χ3n) is 17.5.